The molecule has 0 aliphatic carbocycles. The Morgan fingerprint density at radius 3 is 2.59 bits per heavy atom. The van der Waals surface area contributed by atoms with Gasteiger partial charge < -0.3 is 19.4 Å². The van der Waals surface area contributed by atoms with Gasteiger partial charge in [0.15, 0.2) is 29.3 Å². The first-order chi connectivity index (χ1) is 17.1. The molecule has 9 nitrogen and oxygen atoms in total. The summed E-state index contributed by atoms with van der Waals surface area (Å²) in [5.74, 6) is -0.285. The summed E-state index contributed by atoms with van der Waals surface area (Å²) in [6, 6.07) is 6.75. The third kappa shape index (κ3) is 5.18. The first-order valence-electron chi connectivity index (χ1n) is 11.8. The summed E-state index contributed by atoms with van der Waals surface area (Å²) in [4.78, 5) is 23.8. The maximum absolute atomic E-state index is 15.3. The zero-order chi connectivity index (χ0) is 26.2. The van der Waals surface area contributed by atoms with Gasteiger partial charge in [-0.15, -0.1) is 12.4 Å². The predicted molar refractivity (Wildman–Crippen MR) is 141 cm³/mol. The molecule has 2 aromatic carbocycles. The van der Waals surface area contributed by atoms with Gasteiger partial charge in [0.2, 0.25) is 5.95 Å². The topological polar surface area (TPSA) is 118 Å². The molecule has 0 radical (unpaired) electrons. The fourth-order valence-corrected chi connectivity index (χ4v) is 4.21. The van der Waals surface area contributed by atoms with Gasteiger partial charge in [-0.2, -0.15) is 5.26 Å². The van der Waals surface area contributed by atoms with Crippen molar-refractivity contribution in [2.75, 3.05) is 24.7 Å². The zero-order valence-corrected chi connectivity index (χ0v) is 22.3. The van der Waals surface area contributed by atoms with Gasteiger partial charge in [-0.1, -0.05) is 0 Å². The maximum Gasteiger partial charge on any atom is 0.217 e. The summed E-state index contributed by atoms with van der Waals surface area (Å²) in [7, 11) is 0. The van der Waals surface area contributed by atoms with Crippen LogP contribution in [0.25, 0.3) is 11.0 Å². The Hall–Kier alpha value is -3.84. The van der Waals surface area contributed by atoms with Gasteiger partial charge in [-0.05, 0) is 64.4 Å². The molecule has 0 amide bonds. The smallest absolute Gasteiger partial charge is 0.217 e. The Morgan fingerprint density at radius 1 is 1.27 bits per heavy atom. The summed E-state index contributed by atoms with van der Waals surface area (Å²) in [5, 5.41) is 18.1. The van der Waals surface area contributed by atoms with Crippen LogP contribution in [-0.4, -0.2) is 51.8 Å². The third-order valence-electron chi connectivity index (χ3n) is 5.88. The minimum atomic E-state index is -0.649. The molecule has 1 aliphatic rings. The highest BCUT2D eigenvalue weighted by Gasteiger charge is 2.33. The van der Waals surface area contributed by atoms with Crippen LogP contribution in [0.2, 0.25) is 0 Å². The molecule has 2 N–H and O–H groups in total. The van der Waals surface area contributed by atoms with Crippen LogP contribution in [0.15, 0.2) is 24.3 Å². The largest absolute Gasteiger partial charge is 0.490 e. The molecule has 0 spiro atoms. The summed E-state index contributed by atoms with van der Waals surface area (Å²) in [6.07, 6.45) is 2.14. The highest BCUT2D eigenvalue weighted by molar-refractivity contribution is 6.06. The number of carbonyl (C=O) groups excluding carboxylic acids is 1. The van der Waals surface area contributed by atoms with E-state index in [1.807, 2.05) is 20.8 Å². The Bertz CT molecular complexity index is 1390. The molecular formula is C26H30ClFN6O3. The second-order valence-corrected chi connectivity index (χ2v) is 9.44. The number of ketones is 1. The molecule has 0 atom stereocenters. The number of nitrogens with zero attached hydrogens (tertiary/aromatic N) is 4. The van der Waals surface area contributed by atoms with E-state index in [1.165, 1.54) is 9.80 Å². The Labute approximate surface area is 221 Å². The lowest BCUT2D eigenvalue weighted by atomic mass is 10.1. The van der Waals surface area contributed by atoms with Gasteiger partial charge in [0.1, 0.15) is 5.84 Å². The lowest BCUT2D eigenvalue weighted by molar-refractivity contribution is 0.0962. The van der Waals surface area contributed by atoms with Gasteiger partial charge >= 0.3 is 0 Å². The van der Waals surface area contributed by atoms with Crippen LogP contribution in [-0.2, 0) is 6.54 Å². The summed E-state index contributed by atoms with van der Waals surface area (Å²) < 4.78 is 26.3. The van der Waals surface area contributed by atoms with E-state index in [9.17, 15) is 10.1 Å². The van der Waals surface area contributed by atoms with E-state index >= 15 is 4.39 Å². The van der Waals surface area contributed by atoms with E-state index in [0.717, 1.165) is 0 Å². The number of halogens is 2. The van der Waals surface area contributed by atoms with E-state index < -0.39 is 11.4 Å². The predicted octanol–water partition coefficient (Wildman–Crippen LogP) is 5.03. The number of imidazole rings is 1. The Kier molecular flexibility index (Phi) is 7.98. The van der Waals surface area contributed by atoms with Crippen LogP contribution in [0, 0.1) is 22.7 Å². The van der Waals surface area contributed by atoms with Gasteiger partial charge in [0, 0.05) is 17.6 Å². The second-order valence-electron chi connectivity index (χ2n) is 9.44. The van der Waals surface area contributed by atoms with E-state index in [2.05, 4.69) is 16.2 Å². The number of benzene rings is 2. The molecular weight excluding hydrogens is 499 g/mol. The number of ether oxygens (including phenoxy) is 2. The van der Waals surface area contributed by atoms with E-state index in [1.54, 1.807) is 38.1 Å². The van der Waals surface area contributed by atoms with Crippen LogP contribution in [0.1, 0.15) is 56.1 Å². The fourth-order valence-electron chi connectivity index (χ4n) is 4.21. The van der Waals surface area contributed by atoms with E-state index in [-0.39, 0.29) is 60.8 Å². The molecule has 4 rings (SSSR count). The maximum atomic E-state index is 15.3. The molecule has 0 saturated carbocycles. The van der Waals surface area contributed by atoms with E-state index in [4.69, 9.17) is 14.9 Å². The van der Waals surface area contributed by atoms with Crippen molar-refractivity contribution in [3.63, 3.8) is 0 Å². The number of amidine groups is 1. The first kappa shape index (κ1) is 27.7. The molecule has 1 aromatic heterocycles. The van der Waals surface area contributed by atoms with Crippen molar-refractivity contribution in [1.29, 1.82) is 10.7 Å². The number of H-pyrrole nitrogens is 1. The molecule has 2 heterocycles. The molecule has 1 aliphatic heterocycles. The molecule has 196 valence electrons. The van der Waals surface area contributed by atoms with Crippen LogP contribution in [0.3, 0.4) is 0 Å². The summed E-state index contributed by atoms with van der Waals surface area (Å²) >= 11 is 0. The molecule has 0 unspecified atom stereocenters. The van der Waals surface area contributed by atoms with Crippen LogP contribution in [0.4, 0.5) is 10.3 Å². The zero-order valence-electron chi connectivity index (χ0n) is 21.4. The average Bonchev–Trinajstić information content (AvgIpc) is 3.36. The monoisotopic (exact) mass is 528 g/mol. The molecule has 0 saturated heterocycles. The van der Waals surface area contributed by atoms with Gasteiger partial charge in [0.05, 0.1) is 36.4 Å². The number of carbonyl (C=O) groups is 1. The van der Waals surface area contributed by atoms with Crippen LogP contribution in [0.5, 0.6) is 11.5 Å². The van der Waals surface area contributed by atoms with Crippen molar-refractivity contribution in [2.24, 2.45) is 0 Å². The minimum Gasteiger partial charge on any atom is -0.490 e. The first-order valence-corrected chi connectivity index (χ1v) is 11.8. The molecule has 11 heteroatoms. The fraction of sp³-hybridized carbons (Fsp3) is 0.385. The van der Waals surface area contributed by atoms with Gasteiger partial charge in [-0.25, -0.2) is 14.3 Å². The van der Waals surface area contributed by atoms with Gasteiger partial charge in [-0.3, -0.25) is 10.2 Å². The standard InChI is InChI=1S/C26H29FN6O3.ClH/c1-6-35-20-11-16-12-32(24(29)21(16)22(27)23(20)36-7-2)13-19(34)15-8-9-17-18(10-15)31-25(30-17)33(14-28)26(3,4)5;/h8-11,29H,6-7,12-13H2,1-5H3,(H,30,31);1H. The Balaban J connectivity index is 0.00000380. The van der Waals surface area contributed by atoms with E-state index in [0.29, 0.717) is 34.7 Å². The molecule has 0 fully saturated rings. The number of nitrogens with one attached hydrogen (secondary N) is 2. The lowest BCUT2D eigenvalue weighted by Gasteiger charge is -2.27. The average molecular weight is 529 g/mol. The highest BCUT2D eigenvalue weighted by Crippen LogP contribution is 2.39. The minimum absolute atomic E-state index is 0. The summed E-state index contributed by atoms with van der Waals surface area (Å²) in [5.41, 5.74) is 1.89. The van der Waals surface area contributed by atoms with Gasteiger partial charge in [0.25, 0.3) is 0 Å². The number of hydrogen-bond acceptors (Lipinski definition) is 7. The molecule has 37 heavy (non-hydrogen) atoms. The normalized spacial score (nSPS) is 12.7. The number of rotatable bonds is 8. The molecule has 0 bridgehead atoms. The highest BCUT2D eigenvalue weighted by atomic mass is 35.5. The van der Waals surface area contributed by atoms with Crippen molar-refractivity contribution in [3.05, 3.63) is 46.8 Å². The van der Waals surface area contributed by atoms with Crippen molar-refractivity contribution in [2.45, 2.75) is 46.7 Å². The quantitative estimate of drug-likeness (QED) is 0.239. The summed E-state index contributed by atoms with van der Waals surface area (Å²) in [6.45, 7) is 9.96. The van der Waals surface area contributed by atoms with Crippen LogP contribution < -0.4 is 14.4 Å². The SMILES string of the molecule is CCOc1cc2c(c(F)c1OCC)C(=N)N(CC(=O)c1ccc3[nH]c(N(C#N)C(C)(C)C)nc3c1)C2.Cl. The number of Topliss-reactive ketones (excluding diaryl/α,β-unsaturated/α-hetero) is 1. The number of hydrogen-bond donors (Lipinski definition) is 2. The Morgan fingerprint density at radius 2 is 1.97 bits per heavy atom. The number of anilines is 1. The van der Waals surface area contributed by atoms with Crippen molar-refractivity contribution in [3.8, 4) is 17.7 Å². The number of fused-ring (bicyclic) bond motifs is 2. The lowest BCUT2D eigenvalue weighted by Crippen LogP contribution is -2.38. The number of aromatic nitrogens is 2. The number of nitriles is 1. The van der Waals surface area contributed by atoms with Crippen molar-refractivity contribution >= 4 is 41.0 Å². The number of aromatic amines is 1. The van der Waals surface area contributed by atoms with Crippen molar-refractivity contribution in [1.82, 2.24) is 14.9 Å². The second kappa shape index (κ2) is 10.6. The third-order valence-corrected chi connectivity index (χ3v) is 5.88. The van der Waals surface area contributed by atoms with Crippen molar-refractivity contribution < 1.29 is 18.7 Å². The van der Waals surface area contributed by atoms with Crippen LogP contribution >= 0.6 is 12.4 Å². The molecule has 3 aromatic rings.